The molecule has 0 aliphatic heterocycles. The Labute approximate surface area is 264 Å². The Morgan fingerprint density at radius 3 is 1.57 bits per heavy atom. The van der Waals surface area contributed by atoms with Crippen LogP contribution in [-0.4, -0.2) is 19.1 Å². The molecule has 0 amide bonds. The maximum Gasteiger partial charge on any atom is 0.147 e. The molecule has 9 aromatic rings. The van der Waals surface area contributed by atoms with Crippen LogP contribution in [0.15, 0.2) is 152 Å². The molecule has 0 saturated heterocycles. The largest absolute Gasteiger partial charge is 0.309 e. The molecule has 5 heteroatoms. The summed E-state index contributed by atoms with van der Waals surface area (Å²) in [5.74, 6) is 0.818. The van der Waals surface area contributed by atoms with Gasteiger partial charge in [-0.2, -0.15) is 5.26 Å². The third kappa shape index (κ3) is 3.88. The molecule has 5 nitrogen and oxygen atoms in total. The summed E-state index contributed by atoms with van der Waals surface area (Å²) in [4.78, 5) is 10.2. The Morgan fingerprint density at radius 2 is 1.00 bits per heavy atom. The molecule has 0 unspecified atom stereocenters. The van der Waals surface area contributed by atoms with Gasteiger partial charge in [-0.25, -0.2) is 9.97 Å². The highest BCUT2D eigenvalue weighted by Gasteiger charge is 2.19. The maximum atomic E-state index is 9.93. The number of hydrogen-bond acceptors (Lipinski definition) is 3. The van der Waals surface area contributed by atoms with Gasteiger partial charge in [0.05, 0.1) is 50.8 Å². The molecular weight excluding hydrogens is 562 g/mol. The summed E-state index contributed by atoms with van der Waals surface area (Å²) in [5.41, 5.74) is 9.33. The first-order valence-electron chi connectivity index (χ1n) is 15.2. The van der Waals surface area contributed by atoms with Gasteiger partial charge in [0.25, 0.3) is 0 Å². The van der Waals surface area contributed by atoms with Crippen LogP contribution in [0.25, 0.3) is 77.6 Å². The molecule has 4 aromatic heterocycles. The van der Waals surface area contributed by atoms with Crippen LogP contribution >= 0.6 is 0 Å². The highest BCUT2D eigenvalue weighted by Crippen LogP contribution is 2.38. The van der Waals surface area contributed by atoms with Crippen LogP contribution < -0.4 is 0 Å². The molecule has 214 valence electrons. The summed E-state index contributed by atoms with van der Waals surface area (Å²) in [7, 11) is 0. The summed E-state index contributed by atoms with van der Waals surface area (Å²) >= 11 is 0. The minimum atomic E-state index is 0.582. The lowest BCUT2D eigenvalue weighted by Gasteiger charge is -2.16. The van der Waals surface area contributed by atoms with E-state index >= 15 is 0 Å². The summed E-state index contributed by atoms with van der Waals surface area (Å²) in [6.45, 7) is 0. The standard InChI is InChI=1S/C41H25N5/c42-26-27-22-23-40(45-36-18-5-1-11-28(36)29-12-2-6-19-37(29)45)33(25-27)35-17-9-16-34(44-35)32-15-10-24-43-41(32)46-38-20-7-3-13-30(38)31-14-4-8-21-39(31)46/h1-25H. The number of para-hydroxylation sites is 4. The van der Waals surface area contributed by atoms with Crippen molar-refractivity contribution in [1.29, 1.82) is 5.26 Å². The lowest BCUT2D eigenvalue weighted by atomic mass is 10.0. The molecule has 0 spiro atoms. The first-order chi connectivity index (χ1) is 22.8. The number of aromatic nitrogens is 4. The van der Waals surface area contributed by atoms with Crippen LogP contribution in [-0.2, 0) is 0 Å². The van der Waals surface area contributed by atoms with E-state index in [0.29, 0.717) is 5.56 Å². The normalized spacial score (nSPS) is 11.5. The van der Waals surface area contributed by atoms with Gasteiger partial charge in [0.1, 0.15) is 5.82 Å². The number of nitriles is 1. The number of nitrogens with zero attached hydrogens (tertiary/aromatic N) is 5. The molecule has 0 N–H and O–H groups in total. The van der Waals surface area contributed by atoms with Gasteiger partial charge in [0.15, 0.2) is 0 Å². The zero-order valence-corrected chi connectivity index (χ0v) is 24.7. The van der Waals surface area contributed by atoms with Crippen molar-refractivity contribution in [2.45, 2.75) is 0 Å². The minimum Gasteiger partial charge on any atom is -0.309 e. The van der Waals surface area contributed by atoms with Gasteiger partial charge >= 0.3 is 0 Å². The van der Waals surface area contributed by atoms with E-state index in [-0.39, 0.29) is 0 Å². The Morgan fingerprint density at radius 1 is 0.478 bits per heavy atom. The summed E-state index contributed by atoms with van der Waals surface area (Å²) in [5, 5.41) is 14.7. The van der Waals surface area contributed by atoms with Crippen LogP contribution in [0.2, 0.25) is 0 Å². The quantitative estimate of drug-likeness (QED) is 0.206. The van der Waals surface area contributed by atoms with Crippen LogP contribution in [0.4, 0.5) is 0 Å². The number of rotatable bonds is 4. The molecule has 0 fully saturated rings. The first-order valence-corrected chi connectivity index (χ1v) is 15.2. The van der Waals surface area contributed by atoms with Crippen molar-refractivity contribution in [3.63, 3.8) is 0 Å². The van der Waals surface area contributed by atoms with Crippen molar-refractivity contribution in [3.8, 4) is 40.1 Å². The molecule has 4 heterocycles. The van der Waals surface area contributed by atoms with Crippen molar-refractivity contribution in [2.75, 3.05) is 0 Å². The lowest BCUT2D eigenvalue weighted by Crippen LogP contribution is -2.02. The Bertz CT molecular complexity index is 2560. The smallest absolute Gasteiger partial charge is 0.147 e. The van der Waals surface area contributed by atoms with Gasteiger partial charge in [-0.15, -0.1) is 0 Å². The number of pyridine rings is 2. The Hall–Kier alpha value is -6.51. The van der Waals surface area contributed by atoms with Crippen LogP contribution in [0, 0.1) is 11.3 Å². The van der Waals surface area contributed by atoms with E-state index < -0.39 is 0 Å². The van der Waals surface area contributed by atoms with Gasteiger partial charge in [-0.3, -0.25) is 4.57 Å². The number of benzene rings is 5. The summed E-state index contributed by atoms with van der Waals surface area (Å²) in [6, 6.07) is 52.1. The second-order valence-electron chi connectivity index (χ2n) is 11.4. The highest BCUT2D eigenvalue weighted by molar-refractivity contribution is 6.10. The predicted octanol–water partition coefficient (Wildman–Crippen LogP) is 9.88. The van der Waals surface area contributed by atoms with E-state index in [9.17, 15) is 5.26 Å². The summed E-state index contributed by atoms with van der Waals surface area (Å²) < 4.78 is 4.51. The van der Waals surface area contributed by atoms with E-state index in [4.69, 9.17) is 9.97 Å². The first kappa shape index (κ1) is 25.9. The molecule has 0 bridgehead atoms. The lowest BCUT2D eigenvalue weighted by molar-refractivity contribution is 1.08. The van der Waals surface area contributed by atoms with Crippen LogP contribution in [0.5, 0.6) is 0 Å². The molecule has 46 heavy (non-hydrogen) atoms. The average molecular weight is 588 g/mol. The van der Waals surface area contributed by atoms with Gasteiger partial charge in [-0.1, -0.05) is 78.9 Å². The molecule has 9 rings (SSSR count). The monoisotopic (exact) mass is 587 g/mol. The van der Waals surface area contributed by atoms with E-state index in [0.717, 1.165) is 56.1 Å². The topological polar surface area (TPSA) is 59.4 Å². The molecule has 0 aliphatic rings. The number of fused-ring (bicyclic) bond motifs is 6. The van der Waals surface area contributed by atoms with Crippen LogP contribution in [0.3, 0.4) is 0 Å². The van der Waals surface area contributed by atoms with Crippen LogP contribution in [0.1, 0.15) is 5.56 Å². The fourth-order valence-electron chi connectivity index (χ4n) is 6.85. The Balaban J connectivity index is 1.28. The SMILES string of the molecule is N#Cc1ccc(-n2c3ccccc3c3ccccc32)c(-c2cccc(-c3cccnc3-n3c4ccccc4c4ccccc43)n2)c1. The molecule has 5 aromatic carbocycles. The minimum absolute atomic E-state index is 0.582. The molecule has 0 atom stereocenters. The van der Waals surface area contributed by atoms with E-state index in [1.165, 1.54) is 21.5 Å². The van der Waals surface area contributed by atoms with Crippen molar-refractivity contribution >= 4 is 43.6 Å². The van der Waals surface area contributed by atoms with E-state index in [1.54, 1.807) is 0 Å². The zero-order valence-electron chi connectivity index (χ0n) is 24.7. The van der Waals surface area contributed by atoms with Crippen molar-refractivity contribution < 1.29 is 0 Å². The molecule has 0 saturated carbocycles. The third-order valence-electron chi connectivity index (χ3n) is 8.83. The fraction of sp³-hybridized carbons (Fsp3) is 0. The van der Waals surface area contributed by atoms with Gasteiger partial charge in [0, 0.05) is 38.9 Å². The van der Waals surface area contributed by atoms with Gasteiger partial charge < -0.3 is 4.57 Å². The molecular formula is C41H25N5. The summed E-state index contributed by atoms with van der Waals surface area (Å²) in [6.07, 6.45) is 1.84. The predicted molar refractivity (Wildman–Crippen MR) is 186 cm³/mol. The second kappa shape index (κ2) is 10.3. The Kier molecular flexibility index (Phi) is 5.81. The number of hydrogen-bond donors (Lipinski definition) is 0. The average Bonchev–Trinajstić information content (AvgIpc) is 3.64. The van der Waals surface area contributed by atoms with E-state index in [1.807, 2.05) is 48.7 Å². The van der Waals surface area contributed by atoms with Crippen molar-refractivity contribution in [2.24, 2.45) is 0 Å². The van der Waals surface area contributed by atoms with E-state index in [2.05, 4.69) is 118 Å². The highest BCUT2D eigenvalue weighted by atomic mass is 15.1. The molecule has 0 aliphatic carbocycles. The van der Waals surface area contributed by atoms with Gasteiger partial charge in [0.2, 0.25) is 0 Å². The second-order valence-corrected chi connectivity index (χ2v) is 11.4. The van der Waals surface area contributed by atoms with Crippen molar-refractivity contribution in [1.82, 2.24) is 19.1 Å². The van der Waals surface area contributed by atoms with Gasteiger partial charge in [-0.05, 0) is 66.7 Å². The zero-order chi connectivity index (χ0) is 30.6. The third-order valence-corrected chi connectivity index (χ3v) is 8.83. The fourth-order valence-corrected chi connectivity index (χ4v) is 6.85. The maximum absolute atomic E-state index is 9.93. The van der Waals surface area contributed by atoms with Crippen molar-refractivity contribution in [3.05, 3.63) is 157 Å². The molecule has 0 radical (unpaired) electrons.